The monoisotopic (exact) mass is 295 g/mol. The third kappa shape index (κ3) is 4.39. The van der Waals surface area contributed by atoms with Gasteiger partial charge in [0.1, 0.15) is 5.75 Å². The number of ether oxygens (including phenoxy) is 1. The van der Waals surface area contributed by atoms with Gasteiger partial charge in [0.25, 0.3) is 0 Å². The molecule has 1 saturated heterocycles. The van der Waals surface area contributed by atoms with Crippen LogP contribution in [0.3, 0.4) is 0 Å². The predicted octanol–water partition coefficient (Wildman–Crippen LogP) is 4.55. The number of piperidine rings is 1. The molecule has 1 N–H and O–H groups in total. The zero-order valence-corrected chi connectivity index (χ0v) is 13.6. The second-order valence-corrected chi connectivity index (χ2v) is 7.09. The van der Waals surface area contributed by atoms with Gasteiger partial charge in [0.05, 0.1) is 11.6 Å². The van der Waals surface area contributed by atoms with Gasteiger partial charge >= 0.3 is 0 Å². The third-order valence-corrected chi connectivity index (χ3v) is 4.23. The van der Waals surface area contributed by atoms with Crippen LogP contribution in [0.2, 0.25) is 5.02 Å². The highest BCUT2D eigenvalue weighted by atomic mass is 35.5. The Morgan fingerprint density at radius 2 is 2.10 bits per heavy atom. The molecule has 0 radical (unpaired) electrons. The van der Waals surface area contributed by atoms with E-state index in [4.69, 9.17) is 16.3 Å². The first-order valence-corrected chi connectivity index (χ1v) is 8.01. The summed E-state index contributed by atoms with van der Waals surface area (Å²) < 4.78 is 5.84. The molecule has 0 spiro atoms. The summed E-state index contributed by atoms with van der Waals surface area (Å²) in [6.45, 7) is 8.44. The number of hydrogen-bond acceptors (Lipinski definition) is 2. The van der Waals surface area contributed by atoms with Crippen molar-refractivity contribution < 1.29 is 4.74 Å². The molecule has 0 bridgehead atoms. The molecule has 1 aliphatic heterocycles. The standard InChI is InChI=1S/C17H26ClNO/c1-17(2,3)13-7-8-16(15(18)12-13)20-11-9-14-6-4-5-10-19-14/h7-8,12,14,19H,4-6,9-11H2,1-3H3. The van der Waals surface area contributed by atoms with Crippen LogP contribution in [0.5, 0.6) is 5.75 Å². The molecule has 1 aromatic rings. The lowest BCUT2D eigenvalue weighted by Crippen LogP contribution is -2.35. The van der Waals surface area contributed by atoms with Crippen LogP contribution in [-0.4, -0.2) is 19.2 Å². The molecule has 0 aliphatic carbocycles. The minimum Gasteiger partial charge on any atom is -0.492 e. The number of rotatable bonds is 4. The van der Waals surface area contributed by atoms with Gasteiger partial charge in [-0.3, -0.25) is 0 Å². The van der Waals surface area contributed by atoms with Crippen molar-refractivity contribution in [3.05, 3.63) is 28.8 Å². The topological polar surface area (TPSA) is 21.3 Å². The molecular weight excluding hydrogens is 270 g/mol. The smallest absolute Gasteiger partial charge is 0.137 e. The highest BCUT2D eigenvalue weighted by Gasteiger charge is 2.16. The molecule has 1 atom stereocenters. The van der Waals surface area contributed by atoms with Crippen LogP contribution >= 0.6 is 11.6 Å². The second kappa shape index (κ2) is 6.82. The summed E-state index contributed by atoms with van der Waals surface area (Å²) >= 11 is 6.32. The fraction of sp³-hybridized carbons (Fsp3) is 0.647. The Morgan fingerprint density at radius 1 is 1.30 bits per heavy atom. The fourth-order valence-corrected chi connectivity index (χ4v) is 2.80. The van der Waals surface area contributed by atoms with Crippen LogP contribution < -0.4 is 10.1 Å². The quantitative estimate of drug-likeness (QED) is 0.880. The maximum atomic E-state index is 6.32. The highest BCUT2D eigenvalue weighted by molar-refractivity contribution is 6.32. The molecule has 2 rings (SSSR count). The van der Waals surface area contributed by atoms with E-state index in [1.807, 2.05) is 12.1 Å². The van der Waals surface area contributed by atoms with Gasteiger partial charge in [0.2, 0.25) is 0 Å². The van der Waals surface area contributed by atoms with Crippen molar-refractivity contribution >= 4 is 11.6 Å². The Hall–Kier alpha value is -0.730. The number of benzene rings is 1. The fourth-order valence-electron chi connectivity index (χ4n) is 2.57. The van der Waals surface area contributed by atoms with Gasteiger partial charge in [-0.2, -0.15) is 0 Å². The minimum atomic E-state index is 0.119. The van der Waals surface area contributed by atoms with Crippen molar-refractivity contribution in [1.29, 1.82) is 0 Å². The van der Waals surface area contributed by atoms with E-state index in [0.29, 0.717) is 11.1 Å². The van der Waals surface area contributed by atoms with Crippen molar-refractivity contribution in [3.8, 4) is 5.75 Å². The Labute approximate surface area is 127 Å². The molecule has 1 aliphatic rings. The molecule has 1 heterocycles. The molecule has 0 aromatic heterocycles. The van der Waals surface area contributed by atoms with Gasteiger partial charge in [-0.25, -0.2) is 0 Å². The van der Waals surface area contributed by atoms with Crippen LogP contribution in [-0.2, 0) is 5.41 Å². The maximum absolute atomic E-state index is 6.32. The molecule has 1 fully saturated rings. The SMILES string of the molecule is CC(C)(C)c1ccc(OCCC2CCCCN2)c(Cl)c1. The van der Waals surface area contributed by atoms with E-state index >= 15 is 0 Å². The van der Waals surface area contributed by atoms with E-state index in [1.165, 1.54) is 24.8 Å². The van der Waals surface area contributed by atoms with Crippen LogP contribution in [0, 0.1) is 0 Å². The highest BCUT2D eigenvalue weighted by Crippen LogP contribution is 2.31. The van der Waals surface area contributed by atoms with E-state index in [1.54, 1.807) is 0 Å². The predicted molar refractivity (Wildman–Crippen MR) is 85.9 cm³/mol. The second-order valence-electron chi connectivity index (χ2n) is 6.68. The first kappa shape index (κ1) is 15.7. The van der Waals surface area contributed by atoms with Crippen LogP contribution in [0.1, 0.15) is 52.0 Å². The van der Waals surface area contributed by atoms with Crippen LogP contribution in [0.15, 0.2) is 18.2 Å². The summed E-state index contributed by atoms with van der Waals surface area (Å²) in [5.74, 6) is 0.801. The van der Waals surface area contributed by atoms with E-state index in [2.05, 4.69) is 32.2 Å². The molecular formula is C17H26ClNO. The lowest BCUT2D eigenvalue weighted by Gasteiger charge is -2.23. The van der Waals surface area contributed by atoms with E-state index in [0.717, 1.165) is 25.3 Å². The van der Waals surface area contributed by atoms with Gasteiger partial charge in [-0.15, -0.1) is 0 Å². The Kier molecular flexibility index (Phi) is 5.34. The number of nitrogens with one attached hydrogen (secondary N) is 1. The van der Waals surface area contributed by atoms with Crippen molar-refractivity contribution in [3.63, 3.8) is 0 Å². The lowest BCUT2D eigenvalue weighted by atomic mass is 9.87. The van der Waals surface area contributed by atoms with E-state index in [-0.39, 0.29) is 5.41 Å². The summed E-state index contributed by atoms with van der Waals surface area (Å²) in [6.07, 6.45) is 4.95. The summed E-state index contributed by atoms with van der Waals surface area (Å²) in [6, 6.07) is 6.74. The van der Waals surface area contributed by atoms with Gasteiger partial charge in [-0.05, 0) is 48.9 Å². The third-order valence-electron chi connectivity index (χ3n) is 3.93. The summed E-state index contributed by atoms with van der Waals surface area (Å²) in [4.78, 5) is 0. The van der Waals surface area contributed by atoms with Gasteiger partial charge < -0.3 is 10.1 Å². The van der Waals surface area contributed by atoms with Gasteiger partial charge in [-0.1, -0.05) is 44.9 Å². The zero-order valence-electron chi connectivity index (χ0n) is 12.8. The van der Waals surface area contributed by atoms with Crippen molar-refractivity contribution in [1.82, 2.24) is 5.32 Å². The van der Waals surface area contributed by atoms with Crippen molar-refractivity contribution in [2.75, 3.05) is 13.2 Å². The molecule has 1 aromatic carbocycles. The molecule has 0 saturated carbocycles. The lowest BCUT2D eigenvalue weighted by molar-refractivity contribution is 0.268. The molecule has 2 nitrogen and oxygen atoms in total. The van der Waals surface area contributed by atoms with E-state index in [9.17, 15) is 0 Å². The van der Waals surface area contributed by atoms with Crippen LogP contribution in [0.25, 0.3) is 0 Å². The first-order valence-electron chi connectivity index (χ1n) is 7.63. The molecule has 112 valence electrons. The molecule has 0 amide bonds. The molecule has 1 unspecified atom stereocenters. The summed E-state index contributed by atoms with van der Waals surface area (Å²) in [5, 5.41) is 4.25. The first-order chi connectivity index (χ1) is 9.47. The zero-order chi connectivity index (χ0) is 14.6. The van der Waals surface area contributed by atoms with E-state index < -0.39 is 0 Å². The number of hydrogen-bond donors (Lipinski definition) is 1. The van der Waals surface area contributed by atoms with Crippen molar-refractivity contribution in [2.45, 2.75) is 57.9 Å². The molecule has 3 heteroatoms. The van der Waals surface area contributed by atoms with Gasteiger partial charge in [0.15, 0.2) is 0 Å². The minimum absolute atomic E-state index is 0.119. The Morgan fingerprint density at radius 3 is 2.70 bits per heavy atom. The maximum Gasteiger partial charge on any atom is 0.137 e. The van der Waals surface area contributed by atoms with Gasteiger partial charge in [0, 0.05) is 6.04 Å². The number of halogens is 1. The van der Waals surface area contributed by atoms with Crippen molar-refractivity contribution in [2.24, 2.45) is 0 Å². The summed E-state index contributed by atoms with van der Waals surface area (Å²) in [7, 11) is 0. The normalized spacial score (nSPS) is 19.9. The Bertz CT molecular complexity index is 433. The average Bonchev–Trinajstić information content (AvgIpc) is 2.40. The average molecular weight is 296 g/mol. The molecule has 20 heavy (non-hydrogen) atoms. The van der Waals surface area contributed by atoms with Crippen LogP contribution in [0.4, 0.5) is 0 Å². The Balaban J connectivity index is 1.86. The largest absolute Gasteiger partial charge is 0.492 e. The summed E-state index contributed by atoms with van der Waals surface area (Å²) in [5.41, 5.74) is 1.36.